The summed E-state index contributed by atoms with van der Waals surface area (Å²) in [5, 5.41) is 2.87. The van der Waals surface area contributed by atoms with Crippen LogP contribution in [0.4, 0.5) is 5.69 Å². The van der Waals surface area contributed by atoms with Gasteiger partial charge in [-0.25, -0.2) is 13.1 Å². The molecule has 0 aliphatic carbocycles. The minimum atomic E-state index is -3.75. The van der Waals surface area contributed by atoms with Gasteiger partial charge in [0.05, 0.1) is 15.5 Å². The van der Waals surface area contributed by atoms with E-state index in [1.807, 2.05) is 30.3 Å². The van der Waals surface area contributed by atoms with Gasteiger partial charge in [0, 0.05) is 11.7 Å². The summed E-state index contributed by atoms with van der Waals surface area (Å²) in [7, 11) is -3.75. The Bertz CT molecular complexity index is 1130. The van der Waals surface area contributed by atoms with Crippen molar-refractivity contribution in [2.45, 2.75) is 24.8 Å². The Morgan fingerprint density at radius 1 is 0.933 bits per heavy atom. The van der Waals surface area contributed by atoms with Gasteiger partial charge in [-0.1, -0.05) is 29.8 Å². The maximum atomic E-state index is 12.7. The molecule has 30 heavy (non-hydrogen) atoms. The Balaban J connectivity index is 1.75. The number of amides is 1. The van der Waals surface area contributed by atoms with E-state index in [1.54, 1.807) is 38.1 Å². The molecule has 0 atom stereocenters. The fraction of sp³-hybridized carbons (Fsp3) is 0.136. The molecule has 0 radical (unpaired) electrons. The first kappa shape index (κ1) is 21.8. The number of sulfonamides is 1. The monoisotopic (exact) mass is 444 g/mol. The fourth-order valence-corrected chi connectivity index (χ4v) is 4.13. The molecule has 0 saturated heterocycles. The zero-order valence-electron chi connectivity index (χ0n) is 16.4. The quantitative estimate of drug-likeness (QED) is 0.532. The number of rotatable bonds is 7. The maximum Gasteiger partial charge on any atom is 0.257 e. The number of hydrogen-bond acceptors (Lipinski definition) is 4. The molecule has 3 aromatic carbocycles. The van der Waals surface area contributed by atoms with E-state index in [9.17, 15) is 13.2 Å². The van der Waals surface area contributed by atoms with Crippen LogP contribution in [0.1, 0.15) is 24.2 Å². The van der Waals surface area contributed by atoms with Gasteiger partial charge in [0.15, 0.2) is 0 Å². The number of carbonyl (C=O) groups excluding carboxylic acids is 1. The molecular formula is C22H21ClN2O4S. The molecule has 0 unspecified atom stereocenters. The highest BCUT2D eigenvalue weighted by atomic mass is 35.5. The number of carbonyl (C=O) groups is 1. The van der Waals surface area contributed by atoms with Crippen LogP contribution < -0.4 is 14.8 Å². The van der Waals surface area contributed by atoms with E-state index in [0.717, 1.165) is 0 Å². The summed E-state index contributed by atoms with van der Waals surface area (Å²) in [5.41, 5.74) is 0.581. The molecule has 0 bridgehead atoms. The van der Waals surface area contributed by atoms with Crippen molar-refractivity contribution in [2.75, 3.05) is 5.32 Å². The summed E-state index contributed by atoms with van der Waals surface area (Å²) >= 11 is 6.13. The fourth-order valence-electron chi connectivity index (χ4n) is 2.65. The number of ether oxygens (including phenoxy) is 1. The van der Waals surface area contributed by atoms with Gasteiger partial charge in [0.2, 0.25) is 10.0 Å². The molecule has 0 spiro atoms. The van der Waals surface area contributed by atoms with Gasteiger partial charge in [-0.05, 0) is 68.4 Å². The summed E-state index contributed by atoms with van der Waals surface area (Å²) in [5.74, 6) is 0.803. The molecule has 0 aliphatic rings. The lowest BCUT2D eigenvalue weighted by molar-refractivity contribution is 0.102. The van der Waals surface area contributed by atoms with E-state index < -0.39 is 15.9 Å². The minimum Gasteiger partial charge on any atom is -0.457 e. The van der Waals surface area contributed by atoms with E-state index in [-0.39, 0.29) is 21.5 Å². The molecule has 1 amide bonds. The van der Waals surface area contributed by atoms with E-state index in [2.05, 4.69) is 10.0 Å². The van der Waals surface area contributed by atoms with Crippen LogP contribution in [-0.4, -0.2) is 20.4 Å². The second-order valence-corrected chi connectivity index (χ2v) is 8.93. The van der Waals surface area contributed by atoms with Crippen molar-refractivity contribution in [3.8, 4) is 11.5 Å². The molecule has 156 valence electrons. The molecule has 2 N–H and O–H groups in total. The van der Waals surface area contributed by atoms with Crippen molar-refractivity contribution in [3.63, 3.8) is 0 Å². The summed E-state index contributed by atoms with van der Waals surface area (Å²) in [6.07, 6.45) is 0. The topological polar surface area (TPSA) is 84.5 Å². The van der Waals surface area contributed by atoms with E-state index >= 15 is 0 Å². The zero-order chi connectivity index (χ0) is 21.7. The minimum absolute atomic E-state index is 0.0302. The Kier molecular flexibility index (Phi) is 6.77. The Morgan fingerprint density at radius 2 is 1.57 bits per heavy atom. The predicted molar refractivity (Wildman–Crippen MR) is 118 cm³/mol. The molecular weight excluding hydrogens is 424 g/mol. The van der Waals surface area contributed by atoms with Crippen molar-refractivity contribution in [3.05, 3.63) is 83.4 Å². The van der Waals surface area contributed by atoms with Gasteiger partial charge >= 0.3 is 0 Å². The Hall–Kier alpha value is -2.87. The van der Waals surface area contributed by atoms with Crippen LogP contribution in [0.2, 0.25) is 5.02 Å². The SMILES string of the molecule is CC(C)NS(=O)(=O)c1ccc(Cl)c(C(=O)Nc2ccc(Oc3ccccc3)cc2)c1. The first-order chi connectivity index (χ1) is 14.2. The number of nitrogens with one attached hydrogen (secondary N) is 2. The highest BCUT2D eigenvalue weighted by molar-refractivity contribution is 7.89. The molecule has 3 rings (SSSR count). The summed E-state index contributed by atoms with van der Waals surface area (Å²) in [6.45, 7) is 3.43. The van der Waals surface area contributed by atoms with Crippen LogP contribution in [0.25, 0.3) is 0 Å². The normalized spacial score (nSPS) is 11.3. The largest absolute Gasteiger partial charge is 0.457 e. The second kappa shape index (κ2) is 9.30. The Labute approximate surface area is 180 Å². The van der Waals surface area contributed by atoms with Crippen LogP contribution in [0.5, 0.6) is 11.5 Å². The number of benzene rings is 3. The van der Waals surface area contributed by atoms with Crippen LogP contribution in [0.3, 0.4) is 0 Å². The van der Waals surface area contributed by atoms with Crippen molar-refractivity contribution in [1.29, 1.82) is 0 Å². The number of hydrogen-bond donors (Lipinski definition) is 2. The van der Waals surface area contributed by atoms with Gasteiger partial charge in [0.25, 0.3) is 5.91 Å². The molecule has 0 heterocycles. The van der Waals surface area contributed by atoms with Gasteiger partial charge in [0.1, 0.15) is 11.5 Å². The standard InChI is InChI=1S/C22H21ClN2O4S/c1-15(2)25-30(27,28)19-12-13-21(23)20(14-19)22(26)24-16-8-10-18(11-9-16)29-17-6-4-3-5-7-17/h3-15,25H,1-2H3,(H,24,26). The summed E-state index contributed by atoms with van der Waals surface area (Å²) in [4.78, 5) is 12.6. The molecule has 0 fully saturated rings. The van der Waals surface area contributed by atoms with Gasteiger partial charge in [-0.15, -0.1) is 0 Å². The molecule has 3 aromatic rings. The lowest BCUT2D eigenvalue weighted by atomic mass is 10.2. The third-order valence-electron chi connectivity index (χ3n) is 3.97. The molecule has 6 nitrogen and oxygen atoms in total. The Morgan fingerprint density at radius 3 is 2.20 bits per heavy atom. The van der Waals surface area contributed by atoms with E-state index in [0.29, 0.717) is 17.2 Å². The van der Waals surface area contributed by atoms with Crippen LogP contribution in [-0.2, 0) is 10.0 Å². The zero-order valence-corrected chi connectivity index (χ0v) is 18.0. The maximum absolute atomic E-state index is 12.7. The smallest absolute Gasteiger partial charge is 0.257 e. The second-order valence-electron chi connectivity index (χ2n) is 6.81. The lowest BCUT2D eigenvalue weighted by Gasteiger charge is -2.12. The van der Waals surface area contributed by atoms with E-state index in [1.165, 1.54) is 18.2 Å². The molecule has 8 heteroatoms. The average molecular weight is 445 g/mol. The summed E-state index contributed by atoms with van der Waals surface area (Å²) in [6, 6.07) is 19.9. The highest BCUT2D eigenvalue weighted by Crippen LogP contribution is 2.25. The van der Waals surface area contributed by atoms with Crippen molar-refractivity contribution < 1.29 is 17.9 Å². The van der Waals surface area contributed by atoms with E-state index in [4.69, 9.17) is 16.3 Å². The van der Waals surface area contributed by atoms with Crippen LogP contribution >= 0.6 is 11.6 Å². The van der Waals surface area contributed by atoms with Crippen LogP contribution in [0.15, 0.2) is 77.7 Å². The highest BCUT2D eigenvalue weighted by Gasteiger charge is 2.19. The third kappa shape index (κ3) is 5.60. The predicted octanol–water partition coefficient (Wildman–Crippen LogP) is 5.07. The average Bonchev–Trinajstić information content (AvgIpc) is 2.69. The molecule has 0 aromatic heterocycles. The first-order valence-electron chi connectivity index (χ1n) is 9.21. The van der Waals surface area contributed by atoms with Gasteiger partial charge in [-0.2, -0.15) is 0 Å². The molecule has 0 saturated carbocycles. The first-order valence-corrected chi connectivity index (χ1v) is 11.1. The van der Waals surface area contributed by atoms with Gasteiger partial charge < -0.3 is 10.1 Å². The summed E-state index contributed by atoms with van der Waals surface area (Å²) < 4.78 is 32.9. The number of halogens is 1. The molecule has 0 aliphatic heterocycles. The lowest BCUT2D eigenvalue weighted by Crippen LogP contribution is -2.30. The third-order valence-corrected chi connectivity index (χ3v) is 5.96. The number of para-hydroxylation sites is 1. The van der Waals surface area contributed by atoms with Crippen LogP contribution in [0, 0.1) is 0 Å². The van der Waals surface area contributed by atoms with Crippen molar-refractivity contribution >= 4 is 33.2 Å². The van der Waals surface area contributed by atoms with Crippen molar-refractivity contribution in [1.82, 2.24) is 4.72 Å². The van der Waals surface area contributed by atoms with Gasteiger partial charge in [-0.3, -0.25) is 4.79 Å². The number of anilines is 1. The van der Waals surface area contributed by atoms with Crippen molar-refractivity contribution in [2.24, 2.45) is 0 Å².